The van der Waals surface area contributed by atoms with Crippen LogP contribution in [0.5, 0.6) is 0 Å². The van der Waals surface area contributed by atoms with E-state index in [1.807, 2.05) is 40.2 Å². The SMILES string of the molecule is CC(=O)Nc1ccc(NC(=O)Cc2csc3nc(-c4cccc(Cl)c4)cn23)cc1. The summed E-state index contributed by atoms with van der Waals surface area (Å²) in [4.78, 5) is 29.0. The Kier molecular flexibility index (Phi) is 5.33. The quantitative estimate of drug-likeness (QED) is 0.480. The molecule has 0 atom stereocenters. The van der Waals surface area contributed by atoms with Gasteiger partial charge in [-0.3, -0.25) is 14.0 Å². The van der Waals surface area contributed by atoms with Crippen LogP contribution in [0.15, 0.2) is 60.1 Å². The van der Waals surface area contributed by atoms with E-state index in [0.717, 1.165) is 21.9 Å². The first-order chi connectivity index (χ1) is 14.0. The van der Waals surface area contributed by atoms with Gasteiger partial charge in [0.05, 0.1) is 12.1 Å². The zero-order valence-electron chi connectivity index (χ0n) is 15.5. The average Bonchev–Trinajstić information content (AvgIpc) is 3.25. The normalized spacial score (nSPS) is 10.8. The van der Waals surface area contributed by atoms with Crippen LogP contribution in [0.1, 0.15) is 12.6 Å². The number of carbonyl (C=O) groups excluding carboxylic acids is 2. The van der Waals surface area contributed by atoms with Crippen LogP contribution < -0.4 is 10.6 Å². The van der Waals surface area contributed by atoms with Gasteiger partial charge in [0.25, 0.3) is 0 Å². The number of rotatable bonds is 5. The third kappa shape index (κ3) is 4.47. The standard InChI is InChI=1S/C21H17ClN4O2S/c1-13(27)23-16-5-7-17(8-6-16)24-20(28)10-18-12-29-21-25-19(11-26(18)21)14-3-2-4-15(22)9-14/h2-9,11-12H,10H2,1H3,(H,23,27)(H,24,28). The van der Waals surface area contributed by atoms with E-state index in [2.05, 4.69) is 15.6 Å². The molecule has 0 bridgehead atoms. The number of hydrogen-bond acceptors (Lipinski definition) is 4. The third-order valence-corrected chi connectivity index (χ3v) is 5.36. The Balaban J connectivity index is 1.47. The van der Waals surface area contributed by atoms with E-state index < -0.39 is 0 Å². The minimum absolute atomic E-state index is 0.130. The van der Waals surface area contributed by atoms with Gasteiger partial charge in [0.15, 0.2) is 4.96 Å². The topological polar surface area (TPSA) is 75.5 Å². The van der Waals surface area contributed by atoms with Crippen LogP contribution in [-0.2, 0) is 16.0 Å². The molecule has 2 aromatic heterocycles. The van der Waals surface area contributed by atoms with Crippen LogP contribution in [0.25, 0.3) is 16.2 Å². The Bertz CT molecular complexity index is 1200. The summed E-state index contributed by atoms with van der Waals surface area (Å²) in [5.74, 6) is -0.268. The number of halogens is 1. The fourth-order valence-corrected chi connectivity index (χ4v) is 4.02. The fourth-order valence-electron chi connectivity index (χ4n) is 2.95. The molecule has 4 rings (SSSR count). The summed E-state index contributed by atoms with van der Waals surface area (Å²) in [6.07, 6.45) is 2.14. The minimum atomic E-state index is -0.138. The smallest absolute Gasteiger partial charge is 0.230 e. The molecular formula is C21H17ClN4O2S. The number of nitrogens with one attached hydrogen (secondary N) is 2. The summed E-state index contributed by atoms with van der Waals surface area (Å²) in [5, 5.41) is 8.16. The number of fused-ring (bicyclic) bond motifs is 1. The maximum atomic E-state index is 12.5. The minimum Gasteiger partial charge on any atom is -0.326 e. The van der Waals surface area contributed by atoms with E-state index in [4.69, 9.17) is 11.6 Å². The van der Waals surface area contributed by atoms with Gasteiger partial charge in [-0.25, -0.2) is 4.98 Å². The summed E-state index contributed by atoms with van der Waals surface area (Å²) < 4.78 is 1.93. The van der Waals surface area contributed by atoms with E-state index in [9.17, 15) is 9.59 Å². The van der Waals surface area contributed by atoms with Gasteiger partial charge in [-0.15, -0.1) is 11.3 Å². The first kappa shape index (κ1) is 19.2. The molecule has 0 aliphatic heterocycles. The Morgan fingerprint density at radius 3 is 2.52 bits per heavy atom. The fraction of sp³-hybridized carbons (Fsp3) is 0.0952. The molecule has 0 radical (unpaired) electrons. The van der Waals surface area contributed by atoms with Gasteiger partial charge in [0, 0.05) is 46.2 Å². The number of amides is 2. The number of carbonyl (C=O) groups is 2. The van der Waals surface area contributed by atoms with Gasteiger partial charge in [-0.2, -0.15) is 0 Å². The number of thiazole rings is 1. The van der Waals surface area contributed by atoms with Crippen molar-refractivity contribution in [2.45, 2.75) is 13.3 Å². The molecular weight excluding hydrogens is 408 g/mol. The lowest BCUT2D eigenvalue weighted by atomic mass is 10.2. The molecule has 2 N–H and O–H groups in total. The van der Waals surface area contributed by atoms with Crippen molar-refractivity contribution in [3.8, 4) is 11.3 Å². The van der Waals surface area contributed by atoms with Gasteiger partial charge in [0.2, 0.25) is 11.8 Å². The third-order valence-electron chi connectivity index (χ3n) is 4.23. The van der Waals surface area contributed by atoms with Crippen molar-refractivity contribution in [2.24, 2.45) is 0 Å². The molecule has 4 aromatic rings. The zero-order valence-corrected chi connectivity index (χ0v) is 17.1. The van der Waals surface area contributed by atoms with Crippen molar-refractivity contribution in [2.75, 3.05) is 10.6 Å². The lowest BCUT2D eigenvalue weighted by Crippen LogP contribution is -2.15. The molecule has 146 valence electrons. The second kappa shape index (κ2) is 8.06. The molecule has 0 spiro atoms. The highest BCUT2D eigenvalue weighted by molar-refractivity contribution is 7.15. The van der Waals surface area contributed by atoms with Crippen molar-refractivity contribution in [3.05, 3.63) is 70.8 Å². The summed E-state index contributed by atoms with van der Waals surface area (Å²) in [6, 6.07) is 14.5. The highest BCUT2D eigenvalue weighted by Gasteiger charge is 2.13. The van der Waals surface area contributed by atoms with Crippen LogP contribution in [0, 0.1) is 0 Å². The van der Waals surface area contributed by atoms with Crippen molar-refractivity contribution < 1.29 is 9.59 Å². The number of anilines is 2. The Hall–Kier alpha value is -3.16. The Morgan fingerprint density at radius 1 is 1.10 bits per heavy atom. The zero-order chi connectivity index (χ0) is 20.4. The lowest BCUT2D eigenvalue weighted by Gasteiger charge is -2.07. The molecule has 0 aliphatic carbocycles. The number of nitrogens with zero attached hydrogens (tertiary/aromatic N) is 2. The number of aromatic nitrogens is 2. The van der Waals surface area contributed by atoms with E-state index >= 15 is 0 Å². The molecule has 0 saturated carbocycles. The van der Waals surface area contributed by atoms with E-state index in [1.54, 1.807) is 24.3 Å². The van der Waals surface area contributed by atoms with Crippen LogP contribution >= 0.6 is 22.9 Å². The molecule has 2 aromatic carbocycles. The van der Waals surface area contributed by atoms with Gasteiger partial charge in [-0.1, -0.05) is 23.7 Å². The number of benzene rings is 2. The summed E-state index contributed by atoms with van der Waals surface area (Å²) in [7, 11) is 0. The number of imidazole rings is 1. The van der Waals surface area contributed by atoms with E-state index in [-0.39, 0.29) is 18.2 Å². The number of hydrogen-bond donors (Lipinski definition) is 2. The highest BCUT2D eigenvalue weighted by atomic mass is 35.5. The molecule has 2 amide bonds. The summed E-state index contributed by atoms with van der Waals surface area (Å²) in [5.41, 5.74) is 3.96. The van der Waals surface area contributed by atoms with Gasteiger partial charge in [0.1, 0.15) is 0 Å². The molecule has 29 heavy (non-hydrogen) atoms. The summed E-state index contributed by atoms with van der Waals surface area (Å²) in [6.45, 7) is 1.45. The molecule has 0 aliphatic rings. The first-order valence-corrected chi connectivity index (χ1v) is 10.1. The van der Waals surface area contributed by atoms with E-state index in [1.165, 1.54) is 18.3 Å². The largest absolute Gasteiger partial charge is 0.326 e. The van der Waals surface area contributed by atoms with Crippen molar-refractivity contribution >= 4 is 51.1 Å². The molecule has 0 fully saturated rings. The first-order valence-electron chi connectivity index (χ1n) is 8.87. The molecule has 6 nitrogen and oxygen atoms in total. The Morgan fingerprint density at radius 2 is 1.83 bits per heavy atom. The second-order valence-electron chi connectivity index (χ2n) is 6.50. The average molecular weight is 425 g/mol. The van der Waals surface area contributed by atoms with Gasteiger partial charge in [-0.05, 0) is 36.4 Å². The monoisotopic (exact) mass is 424 g/mol. The maximum Gasteiger partial charge on any atom is 0.230 e. The Labute approximate surface area is 176 Å². The van der Waals surface area contributed by atoms with Crippen molar-refractivity contribution in [3.63, 3.8) is 0 Å². The maximum absolute atomic E-state index is 12.5. The molecule has 2 heterocycles. The molecule has 0 saturated heterocycles. The van der Waals surface area contributed by atoms with Crippen LogP contribution in [0.3, 0.4) is 0 Å². The second-order valence-corrected chi connectivity index (χ2v) is 7.77. The van der Waals surface area contributed by atoms with Crippen molar-refractivity contribution in [1.29, 1.82) is 0 Å². The van der Waals surface area contributed by atoms with Crippen LogP contribution in [0.4, 0.5) is 11.4 Å². The van der Waals surface area contributed by atoms with Crippen LogP contribution in [-0.4, -0.2) is 21.2 Å². The lowest BCUT2D eigenvalue weighted by molar-refractivity contribution is -0.116. The van der Waals surface area contributed by atoms with E-state index in [0.29, 0.717) is 16.4 Å². The molecule has 0 unspecified atom stereocenters. The summed E-state index contributed by atoms with van der Waals surface area (Å²) >= 11 is 7.56. The predicted octanol–water partition coefficient (Wildman–Crippen LogP) is 4.86. The van der Waals surface area contributed by atoms with Gasteiger partial charge >= 0.3 is 0 Å². The van der Waals surface area contributed by atoms with Crippen molar-refractivity contribution in [1.82, 2.24) is 9.38 Å². The highest BCUT2D eigenvalue weighted by Crippen LogP contribution is 2.26. The van der Waals surface area contributed by atoms with Crippen LogP contribution in [0.2, 0.25) is 5.02 Å². The van der Waals surface area contributed by atoms with Gasteiger partial charge < -0.3 is 10.6 Å². The molecule has 8 heteroatoms. The predicted molar refractivity (Wildman–Crippen MR) is 117 cm³/mol.